The largest absolute Gasteiger partial charge is 0.464 e. The van der Waals surface area contributed by atoms with E-state index in [0.29, 0.717) is 0 Å². The van der Waals surface area contributed by atoms with Gasteiger partial charge in [0.15, 0.2) is 0 Å². The van der Waals surface area contributed by atoms with Gasteiger partial charge in [0.1, 0.15) is 11.5 Å². The highest BCUT2D eigenvalue weighted by Crippen LogP contribution is 2.23. The maximum Gasteiger partial charge on any atom is 0.117 e. The molecular formula is C12H17N3OS. The summed E-state index contributed by atoms with van der Waals surface area (Å²) in [6.07, 6.45) is 0. The molecule has 2 aromatic heterocycles. The zero-order valence-electron chi connectivity index (χ0n) is 10.4. The summed E-state index contributed by atoms with van der Waals surface area (Å²) in [6.45, 7) is 2.78. The summed E-state index contributed by atoms with van der Waals surface area (Å²) in [5, 5.41) is 8.54. The number of hydrogen-bond donors (Lipinski definition) is 1. The van der Waals surface area contributed by atoms with Gasteiger partial charge < -0.3 is 9.73 Å². The van der Waals surface area contributed by atoms with Crippen LogP contribution >= 0.6 is 11.8 Å². The second-order valence-electron chi connectivity index (χ2n) is 3.93. The lowest BCUT2D eigenvalue weighted by atomic mass is 10.4. The van der Waals surface area contributed by atoms with Gasteiger partial charge in [-0.1, -0.05) is 11.8 Å². The van der Waals surface area contributed by atoms with Crippen molar-refractivity contribution >= 4 is 11.8 Å². The van der Waals surface area contributed by atoms with Gasteiger partial charge in [-0.2, -0.15) is 5.10 Å². The van der Waals surface area contributed by atoms with E-state index in [4.69, 9.17) is 4.42 Å². The summed E-state index contributed by atoms with van der Waals surface area (Å²) in [4.78, 5) is 0. The molecule has 0 amide bonds. The smallest absolute Gasteiger partial charge is 0.117 e. The van der Waals surface area contributed by atoms with Crippen LogP contribution in [0.15, 0.2) is 27.6 Å². The van der Waals surface area contributed by atoms with E-state index in [9.17, 15) is 0 Å². The zero-order chi connectivity index (χ0) is 12.3. The van der Waals surface area contributed by atoms with Gasteiger partial charge in [0.05, 0.1) is 23.0 Å². The molecule has 2 rings (SSSR count). The Balaban J connectivity index is 1.95. The maximum absolute atomic E-state index is 5.68. The lowest BCUT2D eigenvalue weighted by molar-refractivity contribution is 0.468. The number of nitrogens with one attached hydrogen (secondary N) is 1. The van der Waals surface area contributed by atoms with Crippen LogP contribution in [0.3, 0.4) is 0 Å². The molecule has 2 heterocycles. The van der Waals surface area contributed by atoms with Crippen LogP contribution in [0.2, 0.25) is 0 Å². The van der Waals surface area contributed by atoms with Crippen LogP contribution in [0.4, 0.5) is 0 Å². The first-order chi connectivity index (χ1) is 8.19. The van der Waals surface area contributed by atoms with Crippen molar-refractivity contribution in [2.24, 2.45) is 7.05 Å². The van der Waals surface area contributed by atoms with Gasteiger partial charge in [0, 0.05) is 7.05 Å². The fourth-order valence-corrected chi connectivity index (χ4v) is 2.56. The Morgan fingerprint density at radius 3 is 2.82 bits per heavy atom. The quantitative estimate of drug-likeness (QED) is 0.828. The van der Waals surface area contributed by atoms with Crippen molar-refractivity contribution in [2.45, 2.75) is 24.2 Å². The first kappa shape index (κ1) is 12.3. The third-order valence-electron chi connectivity index (χ3n) is 2.39. The SMILES string of the molecule is CNCc1ccc(CSc2cc(C)nn2C)o1. The van der Waals surface area contributed by atoms with Gasteiger partial charge in [-0.15, -0.1) is 0 Å². The molecule has 0 aliphatic heterocycles. The summed E-state index contributed by atoms with van der Waals surface area (Å²) < 4.78 is 7.58. The van der Waals surface area contributed by atoms with Crippen LogP contribution in [0, 0.1) is 6.92 Å². The Kier molecular flexibility index (Phi) is 3.91. The van der Waals surface area contributed by atoms with E-state index in [1.807, 2.05) is 37.8 Å². The monoisotopic (exact) mass is 251 g/mol. The van der Waals surface area contributed by atoms with Gasteiger partial charge in [0.2, 0.25) is 0 Å². The molecule has 0 atom stereocenters. The number of aryl methyl sites for hydroxylation is 2. The Labute approximate surface area is 105 Å². The first-order valence-electron chi connectivity index (χ1n) is 5.54. The molecule has 5 heteroatoms. The Hall–Kier alpha value is -1.20. The van der Waals surface area contributed by atoms with Crippen molar-refractivity contribution in [3.05, 3.63) is 35.4 Å². The van der Waals surface area contributed by atoms with E-state index in [0.717, 1.165) is 34.5 Å². The average molecular weight is 251 g/mol. The second-order valence-corrected chi connectivity index (χ2v) is 4.93. The fourth-order valence-electron chi connectivity index (χ4n) is 1.64. The number of furan rings is 1. The molecule has 0 aliphatic rings. The summed E-state index contributed by atoms with van der Waals surface area (Å²) in [6, 6.07) is 6.13. The fraction of sp³-hybridized carbons (Fsp3) is 0.417. The van der Waals surface area contributed by atoms with E-state index >= 15 is 0 Å². The highest BCUT2D eigenvalue weighted by atomic mass is 32.2. The molecule has 4 nitrogen and oxygen atoms in total. The average Bonchev–Trinajstić information content (AvgIpc) is 2.83. The van der Waals surface area contributed by atoms with Crippen molar-refractivity contribution in [1.82, 2.24) is 15.1 Å². The van der Waals surface area contributed by atoms with Gasteiger partial charge in [-0.3, -0.25) is 4.68 Å². The molecule has 0 fully saturated rings. The topological polar surface area (TPSA) is 43.0 Å². The number of rotatable bonds is 5. The Morgan fingerprint density at radius 1 is 1.41 bits per heavy atom. The highest BCUT2D eigenvalue weighted by molar-refractivity contribution is 7.98. The van der Waals surface area contributed by atoms with E-state index in [-0.39, 0.29) is 0 Å². The molecule has 1 N–H and O–H groups in total. The normalized spacial score (nSPS) is 11.0. The Morgan fingerprint density at radius 2 is 2.18 bits per heavy atom. The predicted molar refractivity (Wildman–Crippen MR) is 69.0 cm³/mol. The highest BCUT2D eigenvalue weighted by Gasteiger charge is 2.06. The second kappa shape index (κ2) is 5.42. The molecule has 0 radical (unpaired) electrons. The molecule has 0 saturated carbocycles. The molecule has 0 saturated heterocycles. The standard InChI is InChI=1S/C12H17N3OS/c1-9-6-12(15(3)14-9)17-8-11-5-4-10(16-11)7-13-2/h4-6,13H,7-8H2,1-3H3. The molecule has 17 heavy (non-hydrogen) atoms. The number of thioether (sulfide) groups is 1. The van der Waals surface area contributed by atoms with Crippen molar-refractivity contribution in [3.63, 3.8) is 0 Å². The van der Waals surface area contributed by atoms with Crippen LogP contribution in [0.25, 0.3) is 0 Å². The van der Waals surface area contributed by atoms with Crippen LogP contribution in [0.5, 0.6) is 0 Å². The van der Waals surface area contributed by atoms with Crippen molar-refractivity contribution in [2.75, 3.05) is 7.05 Å². The van der Waals surface area contributed by atoms with E-state index in [2.05, 4.69) is 16.5 Å². The van der Waals surface area contributed by atoms with Gasteiger partial charge in [-0.05, 0) is 32.2 Å². The molecule has 0 aliphatic carbocycles. The maximum atomic E-state index is 5.68. The molecule has 0 aromatic carbocycles. The molecule has 2 aromatic rings. The third kappa shape index (κ3) is 3.14. The molecule has 0 spiro atoms. The molecule has 0 bridgehead atoms. The van der Waals surface area contributed by atoms with E-state index in [1.165, 1.54) is 0 Å². The minimum Gasteiger partial charge on any atom is -0.464 e. The van der Waals surface area contributed by atoms with Crippen LogP contribution in [-0.4, -0.2) is 16.8 Å². The summed E-state index contributed by atoms with van der Waals surface area (Å²) in [7, 11) is 3.87. The molecule has 92 valence electrons. The van der Waals surface area contributed by atoms with Crippen molar-refractivity contribution in [3.8, 4) is 0 Å². The molecular weight excluding hydrogens is 234 g/mol. The van der Waals surface area contributed by atoms with E-state index in [1.54, 1.807) is 11.8 Å². The minimum absolute atomic E-state index is 0.773. The van der Waals surface area contributed by atoms with Crippen LogP contribution < -0.4 is 5.32 Å². The summed E-state index contributed by atoms with van der Waals surface area (Å²) in [5.41, 5.74) is 1.05. The van der Waals surface area contributed by atoms with Crippen LogP contribution in [0.1, 0.15) is 17.2 Å². The van der Waals surface area contributed by atoms with Gasteiger partial charge in [-0.25, -0.2) is 0 Å². The predicted octanol–water partition coefficient (Wildman–Crippen LogP) is 2.33. The lowest BCUT2D eigenvalue weighted by Crippen LogP contribution is -2.03. The zero-order valence-corrected chi connectivity index (χ0v) is 11.2. The lowest BCUT2D eigenvalue weighted by Gasteiger charge is -1.99. The minimum atomic E-state index is 0.773. The van der Waals surface area contributed by atoms with Crippen molar-refractivity contribution < 1.29 is 4.42 Å². The van der Waals surface area contributed by atoms with Crippen molar-refractivity contribution in [1.29, 1.82) is 0 Å². The van der Waals surface area contributed by atoms with Gasteiger partial charge in [0.25, 0.3) is 0 Å². The molecule has 0 unspecified atom stereocenters. The van der Waals surface area contributed by atoms with E-state index < -0.39 is 0 Å². The Bertz CT molecular complexity index is 490. The summed E-state index contributed by atoms with van der Waals surface area (Å²) in [5.74, 6) is 2.81. The van der Waals surface area contributed by atoms with Gasteiger partial charge >= 0.3 is 0 Å². The number of aromatic nitrogens is 2. The third-order valence-corrected chi connectivity index (χ3v) is 3.50. The first-order valence-corrected chi connectivity index (χ1v) is 6.53. The summed E-state index contributed by atoms with van der Waals surface area (Å²) >= 11 is 1.74. The number of nitrogens with zero attached hydrogens (tertiary/aromatic N) is 2. The number of hydrogen-bond acceptors (Lipinski definition) is 4. The van der Waals surface area contributed by atoms with Crippen LogP contribution in [-0.2, 0) is 19.3 Å².